The van der Waals surface area contributed by atoms with E-state index < -0.39 is 12.0 Å². The Morgan fingerprint density at radius 3 is 2.87 bits per heavy atom. The van der Waals surface area contributed by atoms with E-state index in [-0.39, 0.29) is 0 Å². The summed E-state index contributed by atoms with van der Waals surface area (Å²) < 4.78 is 5.51. The van der Waals surface area contributed by atoms with Crippen molar-refractivity contribution in [2.75, 3.05) is 37.5 Å². The van der Waals surface area contributed by atoms with E-state index in [0.29, 0.717) is 6.42 Å². The highest BCUT2D eigenvalue weighted by Gasteiger charge is 2.32. The lowest BCUT2D eigenvalue weighted by atomic mass is 10.1. The van der Waals surface area contributed by atoms with Crippen molar-refractivity contribution in [3.63, 3.8) is 0 Å². The molecule has 0 radical (unpaired) electrons. The first kappa shape index (κ1) is 15.4. The Morgan fingerprint density at radius 1 is 1.43 bits per heavy atom. The molecule has 6 nitrogen and oxygen atoms in total. The van der Waals surface area contributed by atoms with Crippen LogP contribution in [0.2, 0.25) is 0 Å². The summed E-state index contributed by atoms with van der Waals surface area (Å²) in [4.78, 5) is 20.0. The summed E-state index contributed by atoms with van der Waals surface area (Å²) in [5.41, 5.74) is 0.856. The lowest BCUT2D eigenvalue weighted by molar-refractivity contribution is -0.138. The van der Waals surface area contributed by atoms with E-state index in [4.69, 9.17) is 4.74 Å². The quantitative estimate of drug-likeness (QED) is 0.934. The van der Waals surface area contributed by atoms with Crippen LogP contribution in [0.4, 0.5) is 11.5 Å². The minimum atomic E-state index is -0.782. The molecule has 0 spiro atoms. The van der Waals surface area contributed by atoms with Gasteiger partial charge in [0.2, 0.25) is 0 Å². The predicted octanol–water partition coefficient (Wildman–Crippen LogP) is 2.36. The predicted molar refractivity (Wildman–Crippen MR) is 90.6 cm³/mol. The van der Waals surface area contributed by atoms with E-state index in [2.05, 4.69) is 4.98 Å². The third-order valence-electron chi connectivity index (χ3n) is 4.33. The van der Waals surface area contributed by atoms with E-state index >= 15 is 0 Å². The number of pyridine rings is 1. The number of hydrogen-bond acceptors (Lipinski definition) is 5. The second-order valence-corrected chi connectivity index (χ2v) is 5.93. The number of carboxylic acids is 1. The highest BCUT2D eigenvalue weighted by Crippen LogP contribution is 2.39. The summed E-state index contributed by atoms with van der Waals surface area (Å²) in [5.74, 6) is 0.772. The number of anilines is 2. The summed E-state index contributed by atoms with van der Waals surface area (Å²) in [7, 11) is 5.50. The molecule has 0 amide bonds. The Bertz CT molecular complexity index is 745. The van der Waals surface area contributed by atoms with E-state index in [1.54, 1.807) is 13.3 Å². The van der Waals surface area contributed by atoms with Gasteiger partial charge in [0.15, 0.2) is 0 Å². The van der Waals surface area contributed by atoms with Gasteiger partial charge in [0.05, 0.1) is 24.4 Å². The monoisotopic (exact) mass is 315 g/mol. The van der Waals surface area contributed by atoms with Crippen LogP contribution >= 0.6 is 0 Å². The smallest absolute Gasteiger partial charge is 0.326 e. The first-order chi connectivity index (χ1) is 11.0. The fraction of sp³-hybridized carbons (Fsp3) is 0.412. The third-order valence-corrected chi connectivity index (χ3v) is 4.33. The largest absolute Gasteiger partial charge is 0.496 e. The second kappa shape index (κ2) is 5.95. The molecule has 3 rings (SSSR count). The molecule has 1 aliphatic heterocycles. The molecular formula is C17H21N3O3. The average Bonchev–Trinajstić information content (AvgIpc) is 3.02. The number of ether oxygens (including phenoxy) is 1. The molecule has 1 aromatic heterocycles. The van der Waals surface area contributed by atoms with E-state index in [0.717, 1.165) is 41.0 Å². The van der Waals surface area contributed by atoms with Crippen molar-refractivity contribution < 1.29 is 14.6 Å². The number of benzene rings is 1. The van der Waals surface area contributed by atoms with Gasteiger partial charge in [-0.3, -0.25) is 0 Å². The van der Waals surface area contributed by atoms with Crippen LogP contribution in [0.15, 0.2) is 24.4 Å². The molecule has 0 saturated carbocycles. The molecule has 1 atom stereocenters. The van der Waals surface area contributed by atoms with Gasteiger partial charge in [-0.2, -0.15) is 0 Å². The minimum Gasteiger partial charge on any atom is -0.496 e. The van der Waals surface area contributed by atoms with Crippen LogP contribution in [-0.2, 0) is 4.79 Å². The molecule has 1 unspecified atom stereocenters. The maximum Gasteiger partial charge on any atom is 0.326 e. The number of aliphatic carboxylic acids is 1. The van der Waals surface area contributed by atoms with Gasteiger partial charge in [-0.05, 0) is 18.9 Å². The maximum absolute atomic E-state index is 11.5. The van der Waals surface area contributed by atoms with Crippen molar-refractivity contribution in [3.8, 4) is 5.75 Å². The topological polar surface area (TPSA) is 65.9 Å². The lowest BCUT2D eigenvalue weighted by Crippen LogP contribution is -2.36. The van der Waals surface area contributed by atoms with Crippen LogP contribution < -0.4 is 14.5 Å². The third kappa shape index (κ3) is 2.54. The molecule has 0 aliphatic carbocycles. The van der Waals surface area contributed by atoms with Crippen molar-refractivity contribution >= 4 is 28.2 Å². The second-order valence-electron chi connectivity index (χ2n) is 5.93. The van der Waals surface area contributed by atoms with Gasteiger partial charge in [0.25, 0.3) is 0 Å². The zero-order valence-electron chi connectivity index (χ0n) is 13.6. The van der Waals surface area contributed by atoms with Gasteiger partial charge in [0, 0.05) is 26.0 Å². The van der Waals surface area contributed by atoms with Crippen molar-refractivity contribution in [2.45, 2.75) is 18.9 Å². The SMILES string of the molecule is COc1cccc2c(N3CCCC3C(=O)O)cnc(N(C)C)c12. The molecule has 2 heterocycles. The Kier molecular flexibility index (Phi) is 3.98. The standard InChI is InChI=1S/C17H21N3O3/c1-19(2)16-15-11(6-4-8-14(15)23-3)13(10-18-16)20-9-5-7-12(20)17(21)22/h4,6,8,10,12H,5,7,9H2,1-3H3,(H,21,22). The van der Waals surface area contributed by atoms with Gasteiger partial charge in [-0.1, -0.05) is 12.1 Å². The normalized spacial score (nSPS) is 17.5. The van der Waals surface area contributed by atoms with Crippen molar-refractivity contribution in [1.82, 2.24) is 4.98 Å². The molecule has 1 saturated heterocycles. The molecule has 1 aliphatic rings. The Morgan fingerprint density at radius 2 is 2.22 bits per heavy atom. The molecule has 2 aromatic rings. The first-order valence-electron chi connectivity index (χ1n) is 7.67. The van der Waals surface area contributed by atoms with Gasteiger partial charge >= 0.3 is 5.97 Å². The number of carbonyl (C=O) groups is 1. The van der Waals surface area contributed by atoms with Crippen LogP contribution in [0.3, 0.4) is 0 Å². The zero-order valence-corrected chi connectivity index (χ0v) is 13.6. The number of carboxylic acid groups (broad SMARTS) is 1. The number of methoxy groups -OCH3 is 1. The van der Waals surface area contributed by atoms with Crippen LogP contribution in [0, 0.1) is 0 Å². The number of fused-ring (bicyclic) bond motifs is 1. The Labute approximate surface area is 135 Å². The summed E-state index contributed by atoms with van der Waals surface area (Å²) in [5, 5.41) is 11.3. The van der Waals surface area contributed by atoms with Crippen LogP contribution in [0.5, 0.6) is 5.75 Å². The van der Waals surface area contributed by atoms with Gasteiger partial charge in [-0.15, -0.1) is 0 Å². The zero-order chi connectivity index (χ0) is 16.6. The summed E-state index contributed by atoms with van der Waals surface area (Å²) in [6.45, 7) is 0.728. The van der Waals surface area contributed by atoms with Crippen molar-refractivity contribution in [1.29, 1.82) is 0 Å². The van der Waals surface area contributed by atoms with Gasteiger partial charge in [-0.25, -0.2) is 9.78 Å². The van der Waals surface area contributed by atoms with Crippen LogP contribution in [-0.4, -0.2) is 49.9 Å². The number of rotatable bonds is 4. The summed E-state index contributed by atoms with van der Waals surface area (Å²) >= 11 is 0. The van der Waals surface area contributed by atoms with Crippen LogP contribution in [0.1, 0.15) is 12.8 Å². The number of aromatic nitrogens is 1. The molecular weight excluding hydrogens is 294 g/mol. The van der Waals surface area contributed by atoms with E-state index in [1.807, 2.05) is 42.1 Å². The minimum absolute atomic E-state index is 0.489. The molecule has 0 bridgehead atoms. The highest BCUT2D eigenvalue weighted by atomic mass is 16.5. The average molecular weight is 315 g/mol. The molecule has 23 heavy (non-hydrogen) atoms. The molecule has 6 heteroatoms. The van der Waals surface area contributed by atoms with E-state index in [9.17, 15) is 9.90 Å². The molecule has 122 valence electrons. The fourth-order valence-electron chi connectivity index (χ4n) is 3.28. The van der Waals surface area contributed by atoms with Crippen molar-refractivity contribution in [2.24, 2.45) is 0 Å². The van der Waals surface area contributed by atoms with E-state index in [1.165, 1.54) is 0 Å². The summed E-state index contributed by atoms with van der Waals surface area (Å²) in [6, 6.07) is 5.34. The molecule has 1 aromatic carbocycles. The fourth-order valence-corrected chi connectivity index (χ4v) is 3.28. The number of hydrogen-bond donors (Lipinski definition) is 1. The highest BCUT2D eigenvalue weighted by molar-refractivity contribution is 6.05. The van der Waals surface area contributed by atoms with Gasteiger partial charge in [0.1, 0.15) is 17.6 Å². The summed E-state index contributed by atoms with van der Waals surface area (Å²) in [6.07, 6.45) is 3.31. The Balaban J connectivity index is 2.23. The number of nitrogens with zero attached hydrogens (tertiary/aromatic N) is 3. The van der Waals surface area contributed by atoms with Gasteiger partial charge < -0.3 is 19.6 Å². The molecule has 1 fully saturated rings. The maximum atomic E-state index is 11.5. The van der Waals surface area contributed by atoms with Crippen LogP contribution in [0.25, 0.3) is 10.8 Å². The lowest BCUT2D eigenvalue weighted by Gasteiger charge is -2.26. The Hall–Kier alpha value is -2.50. The van der Waals surface area contributed by atoms with Crippen molar-refractivity contribution in [3.05, 3.63) is 24.4 Å². The molecule has 1 N–H and O–H groups in total. The first-order valence-corrected chi connectivity index (χ1v) is 7.67.